The molecule has 1 aliphatic heterocycles. The molecule has 2 heterocycles. The minimum atomic E-state index is -0.295. The van der Waals surface area contributed by atoms with Crippen molar-refractivity contribution in [1.82, 2.24) is 14.8 Å². The van der Waals surface area contributed by atoms with Crippen molar-refractivity contribution in [3.05, 3.63) is 42.7 Å². The zero-order valence-electron chi connectivity index (χ0n) is 13.5. The van der Waals surface area contributed by atoms with Gasteiger partial charge in [-0.15, -0.1) is 6.58 Å². The maximum absolute atomic E-state index is 12.8. The standard InChI is InChI=1S/C17H23N3O3/c1-3-7-19-13-15(10-16(19)21)17(22)20(8-9-23-2)12-14-5-4-6-18-11-14/h3-6,11,15H,1,7-10,12-13H2,2H3. The molecule has 0 bridgehead atoms. The van der Waals surface area contributed by atoms with Crippen LogP contribution >= 0.6 is 0 Å². The second-order valence-corrected chi connectivity index (χ2v) is 5.60. The molecule has 1 fully saturated rings. The highest BCUT2D eigenvalue weighted by atomic mass is 16.5. The Balaban J connectivity index is 2.04. The van der Waals surface area contributed by atoms with Gasteiger partial charge in [-0.25, -0.2) is 0 Å². The highest BCUT2D eigenvalue weighted by Gasteiger charge is 2.35. The first-order chi connectivity index (χ1) is 11.2. The van der Waals surface area contributed by atoms with Crippen molar-refractivity contribution in [2.24, 2.45) is 5.92 Å². The molecule has 1 aromatic rings. The van der Waals surface area contributed by atoms with Gasteiger partial charge in [0.25, 0.3) is 0 Å². The van der Waals surface area contributed by atoms with Crippen molar-refractivity contribution in [1.29, 1.82) is 0 Å². The van der Waals surface area contributed by atoms with Crippen LogP contribution in [0.25, 0.3) is 0 Å². The second-order valence-electron chi connectivity index (χ2n) is 5.60. The molecular formula is C17H23N3O3. The first kappa shape index (κ1) is 17.1. The Kier molecular flexibility index (Phi) is 6.29. The third-order valence-electron chi connectivity index (χ3n) is 3.89. The Morgan fingerprint density at radius 1 is 1.61 bits per heavy atom. The van der Waals surface area contributed by atoms with Crippen LogP contribution in [0.3, 0.4) is 0 Å². The summed E-state index contributed by atoms with van der Waals surface area (Å²) in [5.74, 6) is -0.293. The lowest BCUT2D eigenvalue weighted by Crippen LogP contribution is -2.39. The minimum absolute atomic E-state index is 0.00850. The smallest absolute Gasteiger partial charge is 0.228 e. The summed E-state index contributed by atoms with van der Waals surface area (Å²) in [6, 6.07) is 3.78. The van der Waals surface area contributed by atoms with E-state index in [0.717, 1.165) is 5.56 Å². The zero-order valence-corrected chi connectivity index (χ0v) is 13.5. The third-order valence-corrected chi connectivity index (χ3v) is 3.89. The number of likely N-dealkylation sites (tertiary alicyclic amines) is 1. The first-order valence-electron chi connectivity index (χ1n) is 7.71. The van der Waals surface area contributed by atoms with Crippen LogP contribution in [0, 0.1) is 5.92 Å². The maximum Gasteiger partial charge on any atom is 0.228 e. The van der Waals surface area contributed by atoms with E-state index in [1.807, 2.05) is 12.1 Å². The highest BCUT2D eigenvalue weighted by Crippen LogP contribution is 2.21. The fraction of sp³-hybridized carbons (Fsp3) is 0.471. The molecule has 0 radical (unpaired) electrons. The number of carbonyl (C=O) groups excluding carboxylic acids is 2. The van der Waals surface area contributed by atoms with Crippen LogP contribution in [0.5, 0.6) is 0 Å². The summed E-state index contributed by atoms with van der Waals surface area (Å²) < 4.78 is 5.10. The summed E-state index contributed by atoms with van der Waals surface area (Å²) in [6.07, 6.45) is 5.40. The fourth-order valence-electron chi connectivity index (χ4n) is 2.71. The van der Waals surface area contributed by atoms with E-state index in [4.69, 9.17) is 4.74 Å². The molecule has 2 rings (SSSR count). The summed E-state index contributed by atoms with van der Waals surface area (Å²) in [5, 5.41) is 0. The van der Waals surface area contributed by atoms with Gasteiger partial charge >= 0.3 is 0 Å². The summed E-state index contributed by atoms with van der Waals surface area (Å²) >= 11 is 0. The van der Waals surface area contributed by atoms with E-state index in [1.165, 1.54) is 0 Å². The molecule has 0 spiro atoms. The van der Waals surface area contributed by atoms with Gasteiger partial charge in [0.1, 0.15) is 0 Å². The molecule has 6 nitrogen and oxygen atoms in total. The zero-order chi connectivity index (χ0) is 16.7. The lowest BCUT2D eigenvalue weighted by Gasteiger charge is -2.25. The van der Waals surface area contributed by atoms with Crippen LogP contribution < -0.4 is 0 Å². The molecule has 0 aromatic carbocycles. The number of carbonyl (C=O) groups is 2. The second kappa shape index (κ2) is 8.43. The molecule has 6 heteroatoms. The van der Waals surface area contributed by atoms with Gasteiger partial charge in [-0.1, -0.05) is 12.1 Å². The number of hydrogen-bond acceptors (Lipinski definition) is 4. The number of hydrogen-bond donors (Lipinski definition) is 0. The van der Waals surface area contributed by atoms with Gasteiger partial charge in [0.2, 0.25) is 11.8 Å². The quantitative estimate of drug-likeness (QED) is 0.673. The normalized spacial score (nSPS) is 17.3. The number of nitrogens with zero attached hydrogens (tertiary/aromatic N) is 3. The van der Waals surface area contributed by atoms with Crippen LogP contribution in [-0.4, -0.2) is 59.9 Å². The Morgan fingerprint density at radius 3 is 3.09 bits per heavy atom. The van der Waals surface area contributed by atoms with Crippen molar-refractivity contribution in [3.63, 3.8) is 0 Å². The Bertz CT molecular complexity index is 547. The Hall–Kier alpha value is -2.21. The Morgan fingerprint density at radius 2 is 2.43 bits per heavy atom. The van der Waals surface area contributed by atoms with Crippen LogP contribution in [-0.2, 0) is 20.9 Å². The summed E-state index contributed by atoms with van der Waals surface area (Å²) in [7, 11) is 1.61. The van der Waals surface area contributed by atoms with Gasteiger partial charge in [0.15, 0.2) is 0 Å². The van der Waals surface area contributed by atoms with Gasteiger partial charge in [0, 0.05) is 52.1 Å². The average Bonchev–Trinajstić information content (AvgIpc) is 2.93. The van der Waals surface area contributed by atoms with Crippen molar-refractivity contribution in [2.45, 2.75) is 13.0 Å². The van der Waals surface area contributed by atoms with Gasteiger partial charge < -0.3 is 14.5 Å². The largest absolute Gasteiger partial charge is 0.383 e. The van der Waals surface area contributed by atoms with E-state index in [1.54, 1.807) is 35.4 Å². The molecule has 1 unspecified atom stereocenters. The van der Waals surface area contributed by atoms with Crippen LogP contribution in [0.15, 0.2) is 37.2 Å². The maximum atomic E-state index is 12.8. The van der Waals surface area contributed by atoms with E-state index in [-0.39, 0.29) is 24.2 Å². The molecule has 1 atom stereocenters. The molecule has 1 aliphatic rings. The van der Waals surface area contributed by atoms with Crippen LogP contribution in [0.2, 0.25) is 0 Å². The van der Waals surface area contributed by atoms with E-state index in [2.05, 4.69) is 11.6 Å². The molecule has 0 N–H and O–H groups in total. The van der Waals surface area contributed by atoms with Gasteiger partial charge in [0.05, 0.1) is 12.5 Å². The van der Waals surface area contributed by atoms with E-state index in [9.17, 15) is 9.59 Å². The number of pyridine rings is 1. The number of methoxy groups -OCH3 is 1. The Labute approximate surface area is 136 Å². The molecule has 0 saturated carbocycles. The lowest BCUT2D eigenvalue weighted by molar-refractivity contribution is -0.137. The van der Waals surface area contributed by atoms with Crippen molar-refractivity contribution in [3.8, 4) is 0 Å². The topological polar surface area (TPSA) is 62.7 Å². The SMILES string of the molecule is C=CCN1CC(C(=O)N(CCOC)Cc2cccnc2)CC1=O. The summed E-state index contributed by atoms with van der Waals surface area (Å²) in [5.41, 5.74) is 0.962. The van der Waals surface area contributed by atoms with Gasteiger partial charge in [-0.05, 0) is 11.6 Å². The van der Waals surface area contributed by atoms with Gasteiger partial charge in [-0.3, -0.25) is 14.6 Å². The molecule has 124 valence electrons. The van der Waals surface area contributed by atoms with E-state index in [0.29, 0.717) is 32.8 Å². The predicted molar refractivity (Wildman–Crippen MR) is 86.4 cm³/mol. The fourth-order valence-corrected chi connectivity index (χ4v) is 2.71. The third kappa shape index (κ3) is 4.63. The summed E-state index contributed by atoms with van der Waals surface area (Å²) in [6.45, 7) is 6.03. The molecule has 1 saturated heterocycles. The minimum Gasteiger partial charge on any atom is -0.383 e. The van der Waals surface area contributed by atoms with Crippen molar-refractivity contribution in [2.75, 3.05) is 33.4 Å². The number of rotatable bonds is 8. The highest BCUT2D eigenvalue weighted by molar-refractivity contribution is 5.89. The van der Waals surface area contributed by atoms with Crippen LogP contribution in [0.4, 0.5) is 0 Å². The average molecular weight is 317 g/mol. The number of amides is 2. The predicted octanol–water partition coefficient (Wildman–Crippen LogP) is 1.09. The molecular weight excluding hydrogens is 294 g/mol. The summed E-state index contributed by atoms with van der Waals surface area (Å²) in [4.78, 5) is 32.2. The van der Waals surface area contributed by atoms with Crippen LogP contribution in [0.1, 0.15) is 12.0 Å². The van der Waals surface area contributed by atoms with E-state index < -0.39 is 0 Å². The molecule has 23 heavy (non-hydrogen) atoms. The molecule has 2 amide bonds. The van der Waals surface area contributed by atoms with Gasteiger partial charge in [-0.2, -0.15) is 0 Å². The first-order valence-corrected chi connectivity index (χ1v) is 7.71. The lowest BCUT2D eigenvalue weighted by atomic mass is 10.1. The molecule has 1 aromatic heterocycles. The van der Waals surface area contributed by atoms with Crippen molar-refractivity contribution < 1.29 is 14.3 Å². The number of aromatic nitrogens is 1. The van der Waals surface area contributed by atoms with E-state index >= 15 is 0 Å². The monoisotopic (exact) mass is 317 g/mol. The van der Waals surface area contributed by atoms with Crippen molar-refractivity contribution >= 4 is 11.8 Å². The number of ether oxygens (including phenoxy) is 1. The molecule has 0 aliphatic carbocycles.